The number of halogens is 3. The molecule has 152 valence electrons. The van der Waals surface area contributed by atoms with Crippen molar-refractivity contribution in [3.8, 4) is 5.75 Å². The average molecular weight is 399 g/mol. The number of hydrogen-bond acceptors (Lipinski definition) is 5. The van der Waals surface area contributed by atoms with Crippen molar-refractivity contribution in [2.75, 3.05) is 13.7 Å². The Labute approximate surface area is 159 Å². The van der Waals surface area contributed by atoms with Gasteiger partial charge in [-0.2, -0.15) is 13.2 Å². The van der Waals surface area contributed by atoms with Gasteiger partial charge in [-0.3, -0.25) is 0 Å². The molecule has 0 aliphatic carbocycles. The molecule has 0 fully saturated rings. The van der Waals surface area contributed by atoms with Crippen LogP contribution in [0.15, 0.2) is 48.5 Å². The highest BCUT2D eigenvalue weighted by Crippen LogP contribution is 2.37. The standard InChI is InChI=1S/C19H20F3NO5/c1-27-16-8-7-13(9-14(16)19(20,21)22)17(25)15(24)10-23-18(26)28-11-12-5-3-2-4-6-12/h2-9,15,17,24-25H,10-11H2,1H3,(H,23,26). The number of alkyl halides is 3. The van der Waals surface area contributed by atoms with E-state index in [0.717, 1.165) is 18.7 Å². The first-order chi connectivity index (χ1) is 13.2. The third kappa shape index (κ3) is 5.86. The Hall–Kier alpha value is -2.78. The second kappa shape index (κ2) is 9.43. The fourth-order valence-electron chi connectivity index (χ4n) is 2.43. The van der Waals surface area contributed by atoms with Crippen LogP contribution in [-0.2, 0) is 17.5 Å². The zero-order valence-electron chi connectivity index (χ0n) is 14.9. The number of carbonyl (C=O) groups excluding carboxylic acids is 1. The van der Waals surface area contributed by atoms with Crippen LogP contribution >= 0.6 is 0 Å². The summed E-state index contributed by atoms with van der Waals surface area (Å²) in [4.78, 5) is 11.7. The highest BCUT2D eigenvalue weighted by molar-refractivity contribution is 5.67. The first-order valence-electron chi connectivity index (χ1n) is 8.28. The molecule has 0 saturated heterocycles. The summed E-state index contributed by atoms with van der Waals surface area (Å²) in [6.45, 7) is -0.402. The number of benzene rings is 2. The minimum atomic E-state index is -4.69. The minimum Gasteiger partial charge on any atom is -0.496 e. The highest BCUT2D eigenvalue weighted by Gasteiger charge is 2.35. The second-order valence-electron chi connectivity index (χ2n) is 5.91. The third-order valence-electron chi connectivity index (χ3n) is 3.90. The summed E-state index contributed by atoms with van der Waals surface area (Å²) in [5, 5.41) is 22.4. The number of aliphatic hydroxyl groups excluding tert-OH is 2. The van der Waals surface area contributed by atoms with Crippen LogP contribution < -0.4 is 10.1 Å². The lowest BCUT2D eigenvalue weighted by Gasteiger charge is -2.20. The summed E-state index contributed by atoms with van der Waals surface area (Å²) in [6, 6.07) is 11.8. The summed E-state index contributed by atoms with van der Waals surface area (Å²) in [5.74, 6) is -0.402. The zero-order valence-corrected chi connectivity index (χ0v) is 14.9. The van der Waals surface area contributed by atoms with E-state index in [-0.39, 0.29) is 12.2 Å². The molecule has 0 spiro atoms. The maximum atomic E-state index is 13.1. The van der Waals surface area contributed by atoms with Crippen molar-refractivity contribution in [2.24, 2.45) is 0 Å². The van der Waals surface area contributed by atoms with Crippen molar-refractivity contribution in [3.63, 3.8) is 0 Å². The molecule has 3 N–H and O–H groups in total. The van der Waals surface area contributed by atoms with E-state index in [1.54, 1.807) is 24.3 Å². The molecule has 0 radical (unpaired) electrons. The molecule has 0 heterocycles. The smallest absolute Gasteiger partial charge is 0.419 e. The van der Waals surface area contributed by atoms with Gasteiger partial charge in [0.1, 0.15) is 24.6 Å². The summed E-state index contributed by atoms with van der Waals surface area (Å²) in [6.07, 6.45) is -8.72. The van der Waals surface area contributed by atoms with Crippen LogP contribution in [0.25, 0.3) is 0 Å². The Kier molecular flexibility index (Phi) is 7.24. The minimum absolute atomic E-state index is 0.0126. The van der Waals surface area contributed by atoms with Gasteiger partial charge in [-0.1, -0.05) is 36.4 Å². The van der Waals surface area contributed by atoms with Crippen molar-refractivity contribution in [1.29, 1.82) is 0 Å². The Morgan fingerprint density at radius 3 is 2.43 bits per heavy atom. The molecule has 6 nitrogen and oxygen atoms in total. The van der Waals surface area contributed by atoms with Gasteiger partial charge in [0, 0.05) is 6.54 Å². The third-order valence-corrected chi connectivity index (χ3v) is 3.90. The first-order valence-corrected chi connectivity index (χ1v) is 8.28. The number of carbonyl (C=O) groups is 1. The maximum Gasteiger partial charge on any atom is 0.419 e. The van der Waals surface area contributed by atoms with Crippen LogP contribution in [0.5, 0.6) is 5.75 Å². The van der Waals surface area contributed by atoms with Gasteiger partial charge in [0.2, 0.25) is 0 Å². The Morgan fingerprint density at radius 2 is 1.82 bits per heavy atom. The number of hydrogen-bond donors (Lipinski definition) is 3. The molecule has 0 aliphatic heterocycles. The van der Waals surface area contributed by atoms with Crippen molar-refractivity contribution >= 4 is 6.09 Å². The lowest BCUT2D eigenvalue weighted by atomic mass is 10.0. The van der Waals surface area contributed by atoms with E-state index in [1.165, 1.54) is 6.07 Å². The average Bonchev–Trinajstić information content (AvgIpc) is 2.69. The lowest BCUT2D eigenvalue weighted by molar-refractivity contribution is -0.138. The quantitative estimate of drug-likeness (QED) is 0.666. The lowest BCUT2D eigenvalue weighted by Crippen LogP contribution is -2.35. The number of ether oxygens (including phenoxy) is 2. The molecule has 2 unspecified atom stereocenters. The van der Waals surface area contributed by atoms with E-state index in [9.17, 15) is 28.2 Å². The zero-order chi connectivity index (χ0) is 20.7. The largest absolute Gasteiger partial charge is 0.496 e. The molecule has 1 amide bonds. The molecule has 2 rings (SSSR count). The fraction of sp³-hybridized carbons (Fsp3) is 0.316. The van der Waals surface area contributed by atoms with Gasteiger partial charge in [-0.15, -0.1) is 0 Å². The molecule has 2 aromatic carbocycles. The SMILES string of the molecule is COc1ccc(C(O)C(O)CNC(=O)OCc2ccccc2)cc1C(F)(F)F. The van der Waals surface area contributed by atoms with Crippen molar-refractivity contribution in [1.82, 2.24) is 5.32 Å². The van der Waals surface area contributed by atoms with Crippen LogP contribution in [0.1, 0.15) is 22.8 Å². The van der Waals surface area contributed by atoms with Gasteiger partial charge in [0.15, 0.2) is 0 Å². The maximum absolute atomic E-state index is 13.1. The number of aliphatic hydroxyl groups is 2. The van der Waals surface area contributed by atoms with E-state index in [2.05, 4.69) is 10.1 Å². The molecule has 0 aromatic heterocycles. The molecule has 2 atom stereocenters. The van der Waals surface area contributed by atoms with Crippen LogP contribution in [0, 0.1) is 0 Å². The summed E-state index contributed by atoms with van der Waals surface area (Å²) in [7, 11) is 1.10. The van der Waals surface area contributed by atoms with E-state index in [4.69, 9.17) is 4.74 Å². The second-order valence-corrected chi connectivity index (χ2v) is 5.91. The number of methoxy groups -OCH3 is 1. The van der Waals surface area contributed by atoms with Gasteiger partial charge >= 0.3 is 12.3 Å². The monoisotopic (exact) mass is 399 g/mol. The number of rotatable bonds is 7. The van der Waals surface area contributed by atoms with E-state index < -0.39 is 42.3 Å². The number of alkyl carbamates (subject to hydrolysis) is 1. The summed E-state index contributed by atoms with van der Waals surface area (Å²) < 4.78 is 48.8. The summed E-state index contributed by atoms with van der Waals surface area (Å²) in [5.41, 5.74) is -0.481. The Balaban J connectivity index is 1.93. The molecular formula is C19H20F3NO5. The normalized spacial score (nSPS) is 13.5. The van der Waals surface area contributed by atoms with Crippen LogP contribution in [0.2, 0.25) is 0 Å². The predicted octanol–water partition coefficient (Wildman–Crippen LogP) is 3.03. The molecule has 0 bridgehead atoms. The molecule has 0 saturated carbocycles. The van der Waals surface area contributed by atoms with Gasteiger partial charge in [-0.05, 0) is 23.3 Å². The fourth-order valence-corrected chi connectivity index (χ4v) is 2.43. The van der Waals surface area contributed by atoms with Gasteiger partial charge in [0.25, 0.3) is 0 Å². The topological polar surface area (TPSA) is 88.0 Å². The molecular weight excluding hydrogens is 379 g/mol. The van der Waals surface area contributed by atoms with E-state index in [0.29, 0.717) is 6.07 Å². The van der Waals surface area contributed by atoms with Gasteiger partial charge in [-0.25, -0.2) is 4.79 Å². The molecule has 2 aromatic rings. The Morgan fingerprint density at radius 1 is 1.14 bits per heavy atom. The van der Waals surface area contributed by atoms with E-state index in [1.807, 2.05) is 6.07 Å². The van der Waals surface area contributed by atoms with Crippen LogP contribution in [0.4, 0.5) is 18.0 Å². The molecule has 28 heavy (non-hydrogen) atoms. The van der Waals surface area contributed by atoms with Crippen LogP contribution in [-0.4, -0.2) is 36.1 Å². The molecule has 0 aliphatic rings. The van der Waals surface area contributed by atoms with Crippen molar-refractivity contribution in [3.05, 3.63) is 65.2 Å². The van der Waals surface area contributed by atoms with Gasteiger partial charge < -0.3 is 25.0 Å². The predicted molar refractivity (Wildman–Crippen MR) is 93.6 cm³/mol. The summed E-state index contributed by atoms with van der Waals surface area (Å²) >= 11 is 0. The molecule has 9 heteroatoms. The number of amides is 1. The van der Waals surface area contributed by atoms with Crippen molar-refractivity contribution < 1.29 is 37.7 Å². The van der Waals surface area contributed by atoms with Gasteiger partial charge in [0.05, 0.1) is 12.7 Å². The highest BCUT2D eigenvalue weighted by atomic mass is 19.4. The Bertz CT molecular complexity index is 783. The van der Waals surface area contributed by atoms with Crippen molar-refractivity contribution in [2.45, 2.75) is 25.0 Å². The van der Waals surface area contributed by atoms with Crippen LogP contribution in [0.3, 0.4) is 0 Å². The number of nitrogens with one attached hydrogen (secondary N) is 1. The first kappa shape index (κ1) is 21.5. The van der Waals surface area contributed by atoms with E-state index >= 15 is 0 Å².